The molecule has 1 heterocycles. The molecule has 4 nitrogen and oxygen atoms in total. The molecule has 2 aliphatic rings. The Morgan fingerprint density at radius 2 is 2.05 bits per heavy atom. The van der Waals surface area contributed by atoms with E-state index >= 15 is 0 Å². The van der Waals surface area contributed by atoms with Gasteiger partial charge in [-0.3, -0.25) is 4.79 Å². The maximum atomic E-state index is 12.4. The second-order valence-corrected chi connectivity index (χ2v) is 7.28. The van der Waals surface area contributed by atoms with Crippen LogP contribution in [0, 0.1) is 17.8 Å². The molecular formula is C16H32ClN3O. The summed E-state index contributed by atoms with van der Waals surface area (Å²) < 4.78 is 0. The maximum absolute atomic E-state index is 12.4. The molecule has 4 atom stereocenters. The first-order valence-electron chi connectivity index (χ1n) is 8.10. The largest absolute Gasteiger partial charge is 0.354 e. The van der Waals surface area contributed by atoms with E-state index in [4.69, 9.17) is 0 Å². The highest BCUT2D eigenvalue weighted by Crippen LogP contribution is 2.35. The Morgan fingerprint density at radius 3 is 2.57 bits per heavy atom. The summed E-state index contributed by atoms with van der Waals surface area (Å²) in [5.41, 5.74) is 0.155. The number of likely N-dealkylation sites (N-methyl/N-ethyl adjacent to an activating group) is 1. The zero-order valence-electron chi connectivity index (χ0n) is 13.9. The fraction of sp³-hybridized carbons (Fsp3) is 0.938. The number of amides is 1. The summed E-state index contributed by atoms with van der Waals surface area (Å²) >= 11 is 0. The average Bonchev–Trinajstić information content (AvgIpc) is 2.82. The van der Waals surface area contributed by atoms with Crippen molar-refractivity contribution in [3.05, 3.63) is 0 Å². The molecule has 0 aromatic rings. The highest BCUT2D eigenvalue weighted by molar-refractivity contribution is 5.85. The SMILES string of the molecule is CC1CCCC(CNC(=O)[C@@H]2CNC[C@H]2C)(N(C)C)C1.Cl. The first-order valence-corrected chi connectivity index (χ1v) is 8.10. The summed E-state index contributed by atoms with van der Waals surface area (Å²) in [4.78, 5) is 14.7. The van der Waals surface area contributed by atoms with E-state index in [0.717, 1.165) is 25.6 Å². The van der Waals surface area contributed by atoms with Gasteiger partial charge in [-0.05, 0) is 45.3 Å². The van der Waals surface area contributed by atoms with Crippen LogP contribution in [0.5, 0.6) is 0 Å². The summed E-state index contributed by atoms with van der Waals surface area (Å²) in [6.45, 7) is 7.09. The van der Waals surface area contributed by atoms with E-state index in [2.05, 4.69) is 43.5 Å². The maximum Gasteiger partial charge on any atom is 0.224 e. The fourth-order valence-corrected chi connectivity index (χ4v) is 3.90. The number of halogens is 1. The molecule has 2 rings (SSSR count). The van der Waals surface area contributed by atoms with Crippen LogP contribution in [0.4, 0.5) is 0 Å². The summed E-state index contributed by atoms with van der Waals surface area (Å²) in [5, 5.41) is 6.56. The molecule has 0 bridgehead atoms. The molecule has 2 N–H and O–H groups in total. The molecular weight excluding hydrogens is 286 g/mol. The van der Waals surface area contributed by atoms with Crippen LogP contribution in [0.1, 0.15) is 39.5 Å². The van der Waals surface area contributed by atoms with Crippen molar-refractivity contribution in [1.29, 1.82) is 0 Å². The second kappa shape index (κ2) is 7.80. The minimum Gasteiger partial charge on any atom is -0.354 e. The van der Waals surface area contributed by atoms with Crippen molar-refractivity contribution in [3.8, 4) is 0 Å². The molecule has 1 aliphatic carbocycles. The number of hydrogen-bond donors (Lipinski definition) is 2. The molecule has 5 heteroatoms. The Labute approximate surface area is 135 Å². The number of nitrogens with one attached hydrogen (secondary N) is 2. The van der Waals surface area contributed by atoms with E-state index < -0.39 is 0 Å². The molecule has 2 unspecified atom stereocenters. The lowest BCUT2D eigenvalue weighted by atomic mass is 9.75. The zero-order chi connectivity index (χ0) is 14.8. The van der Waals surface area contributed by atoms with Gasteiger partial charge in [-0.15, -0.1) is 12.4 Å². The molecule has 2 fully saturated rings. The monoisotopic (exact) mass is 317 g/mol. The van der Waals surface area contributed by atoms with E-state index in [1.807, 2.05) is 0 Å². The minimum atomic E-state index is 0. The van der Waals surface area contributed by atoms with E-state index in [1.165, 1.54) is 25.7 Å². The van der Waals surface area contributed by atoms with Crippen molar-refractivity contribution < 1.29 is 4.79 Å². The van der Waals surface area contributed by atoms with Crippen LogP contribution >= 0.6 is 12.4 Å². The molecule has 1 aliphatic heterocycles. The molecule has 124 valence electrons. The summed E-state index contributed by atoms with van der Waals surface area (Å²) in [7, 11) is 4.31. The molecule has 0 radical (unpaired) electrons. The molecule has 0 aromatic carbocycles. The van der Waals surface area contributed by atoms with Gasteiger partial charge < -0.3 is 15.5 Å². The lowest BCUT2D eigenvalue weighted by molar-refractivity contribution is -0.126. The number of nitrogens with zero attached hydrogens (tertiary/aromatic N) is 1. The van der Waals surface area contributed by atoms with Crippen LogP contribution in [0.2, 0.25) is 0 Å². The van der Waals surface area contributed by atoms with Gasteiger partial charge >= 0.3 is 0 Å². The molecule has 1 amide bonds. The molecule has 21 heavy (non-hydrogen) atoms. The standard InChI is InChI=1S/C16H31N3O.ClH/c1-12-6-5-7-16(8-12,19(3)4)11-18-15(20)14-10-17-9-13(14)2;/h12-14,17H,5-11H2,1-4H3,(H,18,20);1H/t12?,13-,14-,16?;/m1./s1. The van der Waals surface area contributed by atoms with E-state index in [-0.39, 0.29) is 29.8 Å². The van der Waals surface area contributed by atoms with Gasteiger partial charge in [0, 0.05) is 18.6 Å². The third-order valence-electron chi connectivity index (χ3n) is 5.46. The highest BCUT2D eigenvalue weighted by atomic mass is 35.5. The van der Waals surface area contributed by atoms with E-state index in [9.17, 15) is 4.79 Å². The number of rotatable bonds is 4. The third kappa shape index (κ3) is 4.33. The van der Waals surface area contributed by atoms with E-state index in [1.54, 1.807) is 0 Å². The Bertz CT molecular complexity index is 350. The zero-order valence-corrected chi connectivity index (χ0v) is 14.8. The highest BCUT2D eigenvalue weighted by Gasteiger charge is 2.38. The number of carbonyl (C=O) groups excluding carboxylic acids is 1. The Hall–Kier alpha value is -0.320. The van der Waals surface area contributed by atoms with Gasteiger partial charge in [-0.25, -0.2) is 0 Å². The van der Waals surface area contributed by atoms with E-state index in [0.29, 0.717) is 5.92 Å². The van der Waals surface area contributed by atoms with Crippen LogP contribution in [0.15, 0.2) is 0 Å². The summed E-state index contributed by atoms with van der Waals surface area (Å²) in [6, 6.07) is 0. The van der Waals surface area contributed by atoms with Crippen LogP contribution < -0.4 is 10.6 Å². The van der Waals surface area contributed by atoms with Crippen molar-refractivity contribution in [1.82, 2.24) is 15.5 Å². The summed E-state index contributed by atoms with van der Waals surface area (Å²) in [5.74, 6) is 1.60. The quantitative estimate of drug-likeness (QED) is 0.832. The Morgan fingerprint density at radius 1 is 1.33 bits per heavy atom. The number of hydrogen-bond acceptors (Lipinski definition) is 3. The molecule has 1 saturated heterocycles. The van der Waals surface area contributed by atoms with Gasteiger partial charge in [0.05, 0.1) is 5.92 Å². The summed E-state index contributed by atoms with van der Waals surface area (Å²) in [6.07, 6.45) is 4.99. The first-order chi connectivity index (χ1) is 9.44. The van der Waals surface area contributed by atoms with Gasteiger partial charge in [0.15, 0.2) is 0 Å². The molecule has 1 saturated carbocycles. The smallest absolute Gasteiger partial charge is 0.224 e. The van der Waals surface area contributed by atoms with Crippen molar-refractivity contribution in [2.24, 2.45) is 17.8 Å². The first kappa shape index (κ1) is 18.7. The van der Waals surface area contributed by atoms with Gasteiger partial charge in [-0.2, -0.15) is 0 Å². The van der Waals surface area contributed by atoms with Crippen LogP contribution in [-0.4, -0.2) is 50.1 Å². The third-order valence-corrected chi connectivity index (χ3v) is 5.46. The van der Waals surface area contributed by atoms with Crippen LogP contribution in [0.3, 0.4) is 0 Å². The Balaban J connectivity index is 0.00000220. The Kier molecular flexibility index (Phi) is 6.95. The lowest BCUT2D eigenvalue weighted by Crippen LogP contribution is -2.55. The fourth-order valence-electron chi connectivity index (χ4n) is 3.90. The van der Waals surface area contributed by atoms with Gasteiger partial charge in [0.1, 0.15) is 0 Å². The van der Waals surface area contributed by atoms with Gasteiger partial charge in [0.2, 0.25) is 5.91 Å². The number of carbonyl (C=O) groups is 1. The van der Waals surface area contributed by atoms with Crippen LogP contribution in [0.25, 0.3) is 0 Å². The van der Waals surface area contributed by atoms with Gasteiger partial charge in [0.25, 0.3) is 0 Å². The predicted octanol–water partition coefficient (Wildman–Crippen LogP) is 1.89. The van der Waals surface area contributed by atoms with Crippen molar-refractivity contribution in [3.63, 3.8) is 0 Å². The molecule has 0 aromatic heterocycles. The molecule has 0 spiro atoms. The average molecular weight is 318 g/mol. The van der Waals surface area contributed by atoms with Gasteiger partial charge in [-0.1, -0.05) is 26.7 Å². The normalized spacial score (nSPS) is 36.3. The lowest BCUT2D eigenvalue weighted by Gasteiger charge is -2.45. The van der Waals surface area contributed by atoms with Crippen molar-refractivity contribution >= 4 is 18.3 Å². The second-order valence-electron chi connectivity index (χ2n) is 7.28. The van der Waals surface area contributed by atoms with Crippen molar-refractivity contribution in [2.45, 2.75) is 45.1 Å². The minimum absolute atomic E-state index is 0. The topological polar surface area (TPSA) is 44.4 Å². The predicted molar refractivity (Wildman–Crippen MR) is 89.8 cm³/mol. The van der Waals surface area contributed by atoms with Crippen molar-refractivity contribution in [2.75, 3.05) is 33.7 Å². The van der Waals surface area contributed by atoms with Crippen LogP contribution in [-0.2, 0) is 4.79 Å².